The summed E-state index contributed by atoms with van der Waals surface area (Å²) in [4.78, 5) is 64.2. The average Bonchev–Trinajstić information content (AvgIpc) is 3.73. The number of hydrogen-bond donors (Lipinski definition) is 0. The van der Waals surface area contributed by atoms with Crippen LogP contribution in [0.5, 0.6) is 0 Å². The summed E-state index contributed by atoms with van der Waals surface area (Å²) >= 11 is 6.98. The molecule has 3 aliphatic heterocycles. The first-order valence-electron chi connectivity index (χ1n) is 11.6. The Labute approximate surface area is 266 Å². The Morgan fingerprint density at radius 1 is 0.524 bits per heavy atom. The van der Waals surface area contributed by atoms with Gasteiger partial charge in [0.2, 0.25) is 0 Å². The van der Waals surface area contributed by atoms with Crippen molar-refractivity contribution in [2.24, 2.45) is 0 Å². The molecule has 0 saturated carbocycles. The molecule has 15 heteroatoms. The van der Waals surface area contributed by atoms with E-state index in [2.05, 4.69) is 0 Å². The van der Waals surface area contributed by atoms with Crippen LogP contribution in [0.15, 0.2) is 90.7 Å². The molecule has 0 aliphatic carbocycles. The van der Waals surface area contributed by atoms with Crippen molar-refractivity contribution in [1.29, 1.82) is 0 Å². The van der Waals surface area contributed by atoms with Gasteiger partial charge < -0.3 is 18.9 Å². The first-order chi connectivity index (χ1) is 20.2. The van der Waals surface area contributed by atoms with E-state index in [1.54, 1.807) is 36.4 Å². The van der Waals surface area contributed by atoms with Gasteiger partial charge in [0.05, 0.1) is 41.2 Å². The summed E-state index contributed by atoms with van der Waals surface area (Å²) in [5.74, 6) is -2.82. The quantitative estimate of drug-likeness (QED) is 0.135. The predicted octanol–water partition coefficient (Wildman–Crippen LogP) is 6.16. The Balaban J connectivity index is 1.70. The minimum atomic E-state index is -0.661. The fourth-order valence-electron chi connectivity index (χ4n) is 3.26. The molecule has 0 N–H and O–H groups in total. The van der Waals surface area contributed by atoms with Crippen LogP contribution in [-0.2, 0) is 38.1 Å². The van der Waals surface area contributed by atoms with E-state index in [9.17, 15) is 24.0 Å². The zero-order valence-electron chi connectivity index (χ0n) is 22.2. The molecular weight excluding hydrogens is 661 g/mol. The number of allylic oxidation sites excluding steroid dienone is 3. The van der Waals surface area contributed by atoms with Gasteiger partial charge >= 0.3 is 23.9 Å². The van der Waals surface area contributed by atoms with Gasteiger partial charge in [-0.2, -0.15) is 0 Å². The van der Waals surface area contributed by atoms with E-state index in [0.29, 0.717) is 18.3 Å². The average molecular weight is 681 g/mol. The number of benzene rings is 1. The number of thioether (sulfide) groups is 6. The van der Waals surface area contributed by atoms with Gasteiger partial charge in [0.15, 0.2) is 5.78 Å². The predicted molar refractivity (Wildman–Crippen MR) is 170 cm³/mol. The Hall–Kier alpha value is -2.69. The summed E-state index contributed by atoms with van der Waals surface area (Å²) in [6.07, 6.45) is 5.13. The molecule has 4 rings (SSSR count). The number of ether oxygens (including phenoxy) is 4. The summed E-state index contributed by atoms with van der Waals surface area (Å²) in [5.41, 5.74) is 0.533. The highest BCUT2D eigenvalue weighted by Crippen LogP contribution is 2.57. The van der Waals surface area contributed by atoms with Gasteiger partial charge in [-0.25, -0.2) is 19.2 Å². The van der Waals surface area contributed by atoms with Crippen molar-refractivity contribution in [3.8, 4) is 0 Å². The van der Waals surface area contributed by atoms with E-state index < -0.39 is 23.9 Å². The topological polar surface area (TPSA) is 122 Å². The molecule has 0 unspecified atom stereocenters. The van der Waals surface area contributed by atoms with E-state index in [1.807, 2.05) is 6.07 Å². The van der Waals surface area contributed by atoms with Crippen molar-refractivity contribution in [2.75, 3.05) is 28.4 Å². The molecule has 3 heterocycles. The van der Waals surface area contributed by atoms with Crippen LogP contribution in [0, 0.1) is 0 Å². The lowest BCUT2D eigenvalue weighted by Gasteiger charge is -2.01. The minimum absolute atomic E-state index is 0.114. The molecule has 0 amide bonds. The van der Waals surface area contributed by atoms with Crippen LogP contribution >= 0.6 is 70.6 Å². The maximum atomic E-state index is 12.9. The number of carbonyl (C=O) groups is 5. The van der Waals surface area contributed by atoms with Crippen LogP contribution in [0.25, 0.3) is 0 Å². The molecule has 0 bridgehead atoms. The molecule has 1 aromatic rings. The van der Waals surface area contributed by atoms with E-state index in [4.69, 9.17) is 18.9 Å². The van der Waals surface area contributed by atoms with E-state index >= 15 is 0 Å². The molecule has 0 saturated heterocycles. The third kappa shape index (κ3) is 7.44. The zero-order valence-corrected chi connectivity index (χ0v) is 27.1. The largest absolute Gasteiger partial charge is 0.465 e. The summed E-state index contributed by atoms with van der Waals surface area (Å²) in [6, 6.07) is 8.84. The highest BCUT2D eigenvalue weighted by molar-refractivity contribution is 8.31. The number of esters is 4. The lowest BCUT2D eigenvalue weighted by Crippen LogP contribution is -2.08. The molecule has 42 heavy (non-hydrogen) atoms. The Morgan fingerprint density at radius 2 is 0.881 bits per heavy atom. The SMILES string of the molecule is COC(=O)C1=C(C(=O)OC)SC(=CC2=C(C=C3SC(C(=O)OC)=C(C(=O)OC)S3)SC(=CC(=O)c3ccccc3)S2)S1. The monoisotopic (exact) mass is 680 g/mol. The highest BCUT2D eigenvalue weighted by atomic mass is 32.2. The molecule has 218 valence electrons. The van der Waals surface area contributed by atoms with E-state index in [0.717, 1.165) is 56.9 Å². The van der Waals surface area contributed by atoms with Gasteiger partial charge in [0.25, 0.3) is 0 Å². The zero-order chi connectivity index (χ0) is 30.4. The molecular formula is C27H20O9S6. The fourth-order valence-corrected chi connectivity index (χ4v) is 10.7. The molecule has 3 aliphatic rings. The highest BCUT2D eigenvalue weighted by Gasteiger charge is 2.35. The molecule has 0 fully saturated rings. The smallest absolute Gasteiger partial charge is 0.346 e. The Kier molecular flexibility index (Phi) is 11.3. The van der Waals surface area contributed by atoms with E-state index in [-0.39, 0.29) is 25.4 Å². The number of rotatable bonds is 8. The Bertz CT molecular complexity index is 1400. The molecule has 0 aromatic heterocycles. The summed E-state index contributed by atoms with van der Waals surface area (Å²) in [6.45, 7) is 0. The van der Waals surface area contributed by atoms with Crippen molar-refractivity contribution in [2.45, 2.75) is 0 Å². The third-order valence-corrected chi connectivity index (χ3v) is 12.4. The van der Waals surface area contributed by atoms with Crippen LogP contribution < -0.4 is 0 Å². The summed E-state index contributed by atoms with van der Waals surface area (Å²) < 4.78 is 21.3. The number of methoxy groups -OCH3 is 4. The van der Waals surface area contributed by atoms with Gasteiger partial charge in [-0.3, -0.25) is 4.79 Å². The maximum absolute atomic E-state index is 12.9. The fraction of sp³-hybridized carbons (Fsp3) is 0.148. The van der Waals surface area contributed by atoms with Crippen molar-refractivity contribution < 1.29 is 42.9 Å². The first-order valence-corrected chi connectivity index (χ1v) is 16.5. The first kappa shape index (κ1) is 32.2. The molecule has 0 radical (unpaired) electrons. The third-order valence-electron chi connectivity index (χ3n) is 5.18. The maximum Gasteiger partial charge on any atom is 0.346 e. The lowest BCUT2D eigenvalue weighted by atomic mass is 10.1. The van der Waals surface area contributed by atoms with Crippen LogP contribution in [0.3, 0.4) is 0 Å². The number of carbonyl (C=O) groups excluding carboxylic acids is 5. The van der Waals surface area contributed by atoms with Crippen molar-refractivity contribution in [1.82, 2.24) is 0 Å². The number of ketones is 1. The summed E-state index contributed by atoms with van der Waals surface area (Å²) in [5, 5.41) is 0. The molecule has 9 nitrogen and oxygen atoms in total. The van der Waals surface area contributed by atoms with Crippen LogP contribution in [0.1, 0.15) is 10.4 Å². The molecule has 0 spiro atoms. The summed E-state index contributed by atoms with van der Waals surface area (Å²) in [7, 11) is 4.91. The molecule has 1 aromatic carbocycles. The standard InChI is InChI=1S/C27H20O9S6/c1-33-24(29)20-21(25(30)34-2)40-18(39-20)11-15-16(38-17(37-15)10-14(28)13-8-6-5-7-9-13)12-19-41-22(26(31)35-3)23(42-19)27(32)36-4/h5-12H,1-4H3. The molecule has 0 atom stereocenters. The second kappa shape index (κ2) is 14.7. The van der Waals surface area contributed by atoms with E-state index in [1.165, 1.54) is 58.0 Å². The number of hydrogen-bond acceptors (Lipinski definition) is 15. The normalized spacial score (nSPS) is 16.5. The van der Waals surface area contributed by atoms with Crippen LogP contribution in [-0.4, -0.2) is 58.1 Å². The minimum Gasteiger partial charge on any atom is -0.465 e. The second-order valence-electron chi connectivity index (χ2n) is 7.74. The Morgan fingerprint density at radius 3 is 1.21 bits per heavy atom. The van der Waals surface area contributed by atoms with Crippen molar-refractivity contribution >= 4 is 100 Å². The van der Waals surface area contributed by atoms with Crippen LogP contribution in [0.2, 0.25) is 0 Å². The van der Waals surface area contributed by atoms with Gasteiger partial charge in [-0.05, 0) is 12.2 Å². The van der Waals surface area contributed by atoms with Gasteiger partial charge in [-0.1, -0.05) is 101 Å². The second-order valence-corrected chi connectivity index (χ2v) is 14.9. The van der Waals surface area contributed by atoms with Crippen molar-refractivity contribution in [3.05, 3.63) is 96.3 Å². The van der Waals surface area contributed by atoms with Gasteiger partial charge in [0.1, 0.15) is 19.6 Å². The van der Waals surface area contributed by atoms with Crippen molar-refractivity contribution in [3.63, 3.8) is 0 Å². The van der Waals surface area contributed by atoms with Gasteiger partial charge in [0, 0.05) is 21.4 Å². The van der Waals surface area contributed by atoms with Crippen LogP contribution in [0.4, 0.5) is 0 Å². The lowest BCUT2D eigenvalue weighted by molar-refractivity contribution is -0.138. The van der Waals surface area contributed by atoms with Gasteiger partial charge in [-0.15, -0.1) is 0 Å².